The molecule has 0 amide bonds. The maximum absolute atomic E-state index is 5.85. The summed E-state index contributed by atoms with van der Waals surface area (Å²) >= 11 is 0. The molecule has 2 heteroatoms. The van der Waals surface area contributed by atoms with Crippen LogP contribution in [0.25, 0.3) is 21.9 Å². The summed E-state index contributed by atoms with van der Waals surface area (Å²) in [4.78, 5) is 4.24. The summed E-state index contributed by atoms with van der Waals surface area (Å²) in [5.74, 6) is 0. The lowest BCUT2D eigenvalue weighted by molar-refractivity contribution is 0.133. The lowest BCUT2D eigenvalue weighted by Gasteiger charge is -2.13. The molecule has 29 heavy (non-hydrogen) atoms. The van der Waals surface area contributed by atoms with Crippen molar-refractivity contribution in [2.45, 2.75) is 52.0 Å². The predicted molar refractivity (Wildman–Crippen MR) is 126 cm³/mol. The molecule has 2 nitrogen and oxygen atoms in total. The lowest BCUT2D eigenvalue weighted by Crippen LogP contribution is -2.01. The number of nitrogens with zero attached hydrogens (tertiary/aromatic N) is 1. The molecule has 1 unspecified atom stereocenters. The van der Waals surface area contributed by atoms with Gasteiger partial charge in [0.05, 0.1) is 12.6 Å². The topological polar surface area (TPSA) is 21.6 Å². The number of unbranched alkanes of at least 4 members (excludes halogenated alkanes) is 2. The molecule has 152 valence electrons. The van der Waals surface area contributed by atoms with Crippen molar-refractivity contribution in [1.82, 2.24) is 0 Å². The van der Waals surface area contributed by atoms with Crippen LogP contribution in [0.15, 0.2) is 65.7 Å². The second kappa shape index (κ2) is 10.9. The Balaban J connectivity index is 1.83. The standard InChI is InChI=1S/C27H33NO/c1-4-6-9-17-29-18-16-21-19-24-10-7-8-11-25(24)26(20-21)22-12-14-23(15-13-22)27(5-2)28-3/h7-8,10-15,19-20,27H,3-6,9,16-18H2,1-2H3. The van der Waals surface area contributed by atoms with E-state index < -0.39 is 0 Å². The normalized spacial score (nSPS) is 12.2. The zero-order valence-electron chi connectivity index (χ0n) is 17.9. The molecule has 0 N–H and O–H groups in total. The Labute approximate surface area is 175 Å². The highest BCUT2D eigenvalue weighted by Gasteiger charge is 2.09. The fourth-order valence-corrected chi connectivity index (χ4v) is 3.86. The second-order valence-corrected chi connectivity index (χ2v) is 7.66. The van der Waals surface area contributed by atoms with Crippen molar-refractivity contribution in [1.29, 1.82) is 0 Å². The van der Waals surface area contributed by atoms with E-state index in [1.807, 2.05) is 0 Å². The molecule has 3 aromatic rings. The summed E-state index contributed by atoms with van der Waals surface area (Å²) in [6.07, 6.45) is 5.55. The van der Waals surface area contributed by atoms with Gasteiger partial charge in [-0.3, -0.25) is 4.99 Å². The molecule has 0 heterocycles. The molecule has 0 saturated carbocycles. The Morgan fingerprint density at radius 3 is 2.45 bits per heavy atom. The Bertz CT molecular complexity index is 913. The molecular formula is C27H33NO. The molecule has 0 aliphatic carbocycles. The first-order chi connectivity index (χ1) is 14.3. The molecule has 0 fully saturated rings. The molecule has 0 radical (unpaired) electrons. The van der Waals surface area contributed by atoms with E-state index in [1.165, 1.54) is 45.9 Å². The first-order valence-corrected chi connectivity index (χ1v) is 10.9. The summed E-state index contributed by atoms with van der Waals surface area (Å²) in [6, 6.07) is 22.3. The third kappa shape index (κ3) is 5.55. The summed E-state index contributed by atoms with van der Waals surface area (Å²) in [6.45, 7) is 9.75. The number of fused-ring (bicyclic) bond motifs is 1. The lowest BCUT2D eigenvalue weighted by atomic mass is 9.93. The van der Waals surface area contributed by atoms with Gasteiger partial charge < -0.3 is 4.74 Å². The van der Waals surface area contributed by atoms with Gasteiger partial charge in [-0.2, -0.15) is 0 Å². The first kappa shape index (κ1) is 21.3. The van der Waals surface area contributed by atoms with Crippen LogP contribution in [-0.4, -0.2) is 19.9 Å². The van der Waals surface area contributed by atoms with Gasteiger partial charge in [0.2, 0.25) is 0 Å². The van der Waals surface area contributed by atoms with Crippen molar-refractivity contribution < 1.29 is 4.74 Å². The van der Waals surface area contributed by atoms with E-state index in [0.717, 1.165) is 32.5 Å². The van der Waals surface area contributed by atoms with E-state index >= 15 is 0 Å². The van der Waals surface area contributed by atoms with Crippen LogP contribution in [0.1, 0.15) is 56.7 Å². The zero-order valence-corrected chi connectivity index (χ0v) is 17.9. The van der Waals surface area contributed by atoms with Crippen molar-refractivity contribution in [3.8, 4) is 11.1 Å². The summed E-state index contributed by atoms with van der Waals surface area (Å²) in [7, 11) is 0. The molecular weight excluding hydrogens is 354 g/mol. The van der Waals surface area contributed by atoms with E-state index in [1.54, 1.807) is 0 Å². The zero-order chi connectivity index (χ0) is 20.5. The van der Waals surface area contributed by atoms with Crippen molar-refractivity contribution in [2.24, 2.45) is 4.99 Å². The average molecular weight is 388 g/mol. The second-order valence-electron chi connectivity index (χ2n) is 7.66. The Morgan fingerprint density at radius 1 is 0.931 bits per heavy atom. The minimum atomic E-state index is 0.178. The highest BCUT2D eigenvalue weighted by Crippen LogP contribution is 2.32. The van der Waals surface area contributed by atoms with Gasteiger partial charge in [0, 0.05) is 6.61 Å². The van der Waals surface area contributed by atoms with Gasteiger partial charge in [-0.15, -0.1) is 0 Å². The molecule has 0 bridgehead atoms. The highest BCUT2D eigenvalue weighted by molar-refractivity contribution is 5.97. The van der Waals surface area contributed by atoms with E-state index in [4.69, 9.17) is 4.74 Å². The number of benzene rings is 3. The van der Waals surface area contributed by atoms with Crippen LogP contribution in [0.5, 0.6) is 0 Å². The summed E-state index contributed by atoms with van der Waals surface area (Å²) in [5.41, 5.74) is 5.09. The van der Waals surface area contributed by atoms with Crippen LogP contribution >= 0.6 is 0 Å². The van der Waals surface area contributed by atoms with E-state index in [0.29, 0.717) is 0 Å². The molecule has 1 atom stereocenters. The van der Waals surface area contributed by atoms with Crippen molar-refractivity contribution in [3.63, 3.8) is 0 Å². The fraction of sp³-hybridized carbons (Fsp3) is 0.370. The largest absolute Gasteiger partial charge is 0.381 e. The monoisotopic (exact) mass is 387 g/mol. The Kier molecular flexibility index (Phi) is 8.01. The van der Waals surface area contributed by atoms with E-state index in [9.17, 15) is 0 Å². The fourth-order valence-electron chi connectivity index (χ4n) is 3.86. The van der Waals surface area contributed by atoms with Gasteiger partial charge >= 0.3 is 0 Å². The molecule has 0 aliphatic heterocycles. The average Bonchev–Trinajstić information content (AvgIpc) is 2.77. The van der Waals surface area contributed by atoms with Gasteiger partial charge in [-0.1, -0.05) is 87.4 Å². The third-order valence-corrected chi connectivity index (χ3v) is 5.56. The Hall–Kier alpha value is -2.45. The predicted octanol–water partition coefficient (Wildman–Crippen LogP) is 7.41. The Morgan fingerprint density at radius 2 is 1.72 bits per heavy atom. The van der Waals surface area contributed by atoms with Gasteiger partial charge in [-0.25, -0.2) is 0 Å². The molecule has 0 saturated heterocycles. The number of rotatable bonds is 11. The van der Waals surface area contributed by atoms with Gasteiger partial charge in [0.15, 0.2) is 0 Å². The van der Waals surface area contributed by atoms with Gasteiger partial charge in [0.1, 0.15) is 0 Å². The minimum absolute atomic E-state index is 0.178. The number of hydrogen-bond acceptors (Lipinski definition) is 2. The van der Waals surface area contributed by atoms with Crippen molar-refractivity contribution >= 4 is 17.5 Å². The number of aliphatic imine (C=N–C) groups is 1. The van der Waals surface area contributed by atoms with Crippen LogP contribution in [0, 0.1) is 0 Å². The van der Waals surface area contributed by atoms with Crippen LogP contribution in [0.3, 0.4) is 0 Å². The third-order valence-electron chi connectivity index (χ3n) is 5.56. The number of hydrogen-bond donors (Lipinski definition) is 0. The van der Waals surface area contributed by atoms with Crippen LogP contribution in [0.2, 0.25) is 0 Å². The van der Waals surface area contributed by atoms with Crippen LogP contribution in [0.4, 0.5) is 0 Å². The number of ether oxygens (including phenoxy) is 1. The quantitative estimate of drug-likeness (QED) is 0.248. The molecule has 3 rings (SSSR count). The molecule has 3 aromatic carbocycles. The van der Waals surface area contributed by atoms with Crippen LogP contribution in [-0.2, 0) is 11.2 Å². The first-order valence-electron chi connectivity index (χ1n) is 10.9. The van der Waals surface area contributed by atoms with Gasteiger partial charge in [-0.05, 0) is 59.0 Å². The molecule has 0 spiro atoms. The highest BCUT2D eigenvalue weighted by atomic mass is 16.5. The van der Waals surface area contributed by atoms with Gasteiger partial charge in [0.25, 0.3) is 0 Å². The minimum Gasteiger partial charge on any atom is -0.381 e. The van der Waals surface area contributed by atoms with Crippen LogP contribution < -0.4 is 0 Å². The summed E-state index contributed by atoms with van der Waals surface area (Å²) < 4.78 is 5.85. The SMILES string of the molecule is C=NC(CC)c1ccc(-c2cc(CCOCCCCC)cc3ccccc23)cc1. The molecule has 0 aliphatic rings. The van der Waals surface area contributed by atoms with Crippen molar-refractivity contribution in [3.05, 3.63) is 71.8 Å². The summed E-state index contributed by atoms with van der Waals surface area (Å²) in [5, 5.41) is 2.58. The van der Waals surface area contributed by atoms with Crippen molar-refractivity contribution in [2.75, 3.05) is 13.2 Å². The smallest absolute Gasteiger partial charge is 0.0739 e. The maximum atomic E-state index is 5.85. The van der Waals surface area contributed by atoms with E-state index in [2.05, 4.69) is 86.2 Å². The molecule has 0 aromatic heterocycles. The maximum Gasteiger partial charge on any atom is 0.0739 e. The van der Waals surface area contributed by atoms with E-state index in [-0.39, 0.29) is 6.04 Å².